The zero-order chi connectivity index (χ0) is 13.8. The average molecular weight is 319 g/mol. The number of pyridine rings is 1. The largest absolute Gasteiger partial charge is 0.495 e. The maximum atomic E-state index is 9.15. The molecule has 0 saturated carbocycles. The van der Waals surface area contributed by atoms with Crippen LogP contribution in [0, 0.1) is 11.3 Å². The van der Waals surface area contributed by atoms with Gasteiger partial charge in [-0.3, -0.25) is 4.98 Å². The number of nitrogens with zero attached hydrogens (tertiary/aromatic N) is 2. The minimum Gasteiger partial charge on any atom is -0.495 e. The highest BCUT2D eigenvalue weighted by Crippen LogP contribution is 2.36. The third-order valence-corrected chi connectivity index (χ3v) is 3.15. The third kappa shape index (κ3) is 2.61. The van der Waals surface area contributed by atoms with Crippen molar-refractivity contribution in [3.8, 4) is 11.8 Å². The third-order valence-electron chi connectivity index (χ3n) is 2.55. The van der Waals surface area contributed by atoms with Crippen LogP contribution in [0.1, 0.15) is 5.56 Å². The fraction of sp³-hybridized carbons (Fsp3) is 0.0769. The molecule has 0 atom stereocenters. The number of anilines is 3. The predicted molar refractivity (Wildman–Crippen MR) is 77.3 cm³/mol. The average Bonchev–Trinajstić information content (AvgIpc) is 2.42. The first-order valence-corrected chi connectivity index (χ1v) is 6.19. The summed E-state index contributed by atoms with van der Waals surface area (Å²) >= 11 is 3.37. The highest BCUT2D eigenvalue weighted by Gasteiger charge is 2.12. The molecule has 0 bridgehead atoms. The summed E-state index contributed by atoms with van der Waals surface area (Å²) in [5.74, 6) is 0.571. The molecule has 2 aromatic rings. The van der Waals surface area contributed by atoms with E-state index in [1.807, 2.05) is 0 Å². The van der Waals surface area contributed by atoms with Crippen molar-refractivity contribution in [3.63, 3.8) is 0 Å². The molecule has 0 spiro atoms. The lowest BCUT2D eigenvalue weighted by Gasteiger charge is -2.15. The molecule has 0 aliphatic carbocycles. The minimum atomic E-state index is 0.475. The summed E-state index contributed by atoms with van der Waals surface area (Å²) in [5.41, 5.74) is 8.05. The molecule has 1 aromatic carbocycles. The molecule has 0 unspecified atom stereocenters. The SMILES string of the molecule is COc1cccc(C#N)c1Nc1c(N)cncc1Br. The van der Waals surface area contributed by atoms with Crippen molar-refractivity contribution in [2.75, 3.05) is 18.2 Å². The number of aromatic nitrogens is 1. The number of rotatable bonds is 3. The molecule has 19 heavy (non-hydrogen) atoms. The van der Waals surface area contributed by atoms with Gasteiger partial charge in [-0.1, -0.05) is 6.07 Å². The summed E-state index contributed by atoms with van der Waals surface area (Å²) in [4.78, 5) is 3.96. The van der Waals surface area contributed by atoms with E-state index in [0.29, 0.717) is 32.8 Å². The van der Waals surface area contributed by atoms with Crippen molar-refractivity contribution >= 4 is 33.0 Å². The molecule has 3 N–H and O–H groups in total. The van der Waals surface area contributed by atoms with Crippen LogP contribution in [-0.2, 0) is 0 Å². The first-order chi connectivity index (χ1) is 9.17. The van der Waals surface area contributed by atoms with Gasteiger partial charge in [0.2, 0.25) is 0 Å². The van der Waals surface area contributed by atoms with E-state index in [4.69, 9.17) is 15.7 Å². The van der Waals surface area contributed by atoms with Crippen LogP contribution in [0.3, 0.4) is 0 Å². The monoisotopic (exact) mass is 318 g/mol. The van der Waals surface area contributed by atoms with Crippen LogP contribution in [0.25, 0.3) is 0 Å². The summed E-state index contributed by atoms with van der Waals surface area (Å²) < 4.78 is 5.96. The molecule has 96 valence electrons. The highest BCUT2D eigenvalue weighted by molar-refractivity contribution is 9.10. The number of ether oxygens (including phenoxy) is 1. The van der Waals surface area contributed by atoms with Crippen molar-refractivity contribution in [2.45, 2.75) is 0 Å². The minimum absolute atomic E-state index is 0.475. The second kappa shape index (κ2) is 5.59. The van der Waals surface area contributed by atoms with Gasteiger partial charge in [-0.2, -0.15) is 5.26 Å². The van der Waals surface area contributed by atoms with Gasteiger partial charge >= 0.3 is 0 Å². The van der Waals surface area contributed by atoms with E-state index in [9.17, 15) is 0 Å². The van der Waals surface area contributed by atoms with Gasteiger partial charge in [0.15, 0.2) is 0 Å². The molecule has 5 nitrogen and oxygen atoms in total. The Morgan fingerprint density at radius 3 is 2.79 bits per heavy atom. The van der Waals surface area contributed by atoms with E-state index in [2.05, 4.69) is 32.3 Å². The Labute approximate surface area is 119 Å². The number of benzene rings is 1. The molecule has 1 heterocycles. The smallest absolute Gasteiger partial charge is 0.143 e. The van der Waals surface area contributed by atoms with Gasteiger partial charge in [0.25, 0.3) is 0 Å². The van der Waals surface area contributed by atoms with Crippen LogP contribution < -0.4 is 15.8 Å². The van der Waals surface area contributed by atoms with Gasteiger partial charge in [0, 0.05) is 6.20 Å². The van der Waals surface area contributed by atoms with Crippen molar-refractivity contribution < 1.29 is 4.74 Å². The second-order valence-electron chi connectivity index (χ2n) is 3.71. The van der Waals surface area contributed by atoms with Gasteiger partial charge in [-0.25, -0.2) is 0 Å². The van der Waals surface area contributed by atoms with Crippen LogP contribution >= 0.6 is 15.9 Å². The van der Waals surface area contributed by atoms with Gasteiger partial charge < -0.3 is 15.8 Å². The number of methoxy groups -OCH3 is 1. The molecule has 0 aliphatic heterocycles. The number of hydrogen-bond acceptors (Lipinski definition) is 5. The Kier molecular flexibility index (Phi) is 3.88. The Morgan fingerprint density at radius 2 is 2.16 bits per heavy atom. The van der Waals surface area contributed by atoms with Crippen LogP contribution in [0.4, 0.5) is 17.1 Å². The van der Waals surface area contributed by atoms with Crippen molar-refractivity contribution in [2.24, 2.45) is 0 Å². The Bertz CT molecular complexity index is 631. The number of para-hydroxylation sites is 1. The Morgan fingerprint density at radius 1 is 1.37 bits per heavy atom. The molecule has 0 aliphatic rings. The van der Waals surface area contributed by atoms with E-state index in [1.165, 1.54) is 6.20 Å². The molecule has 6 heteroatoms. The Balaban J connectivity index is 2.52. The molecule has 2 rings (SSSR count). The van der Waals surface area contributed by atoms with E-state index in [-0.39, 0.29) is 0 Å². The summed E-state index contributed by atoms with van der Waals surface area (Å²) in [6.45, 7) is 0. The first kappa shape index (κ1) is 13.2. The fourth-order valence-electron chi connectivity index (χ4n) is 1.63. The standard InChI is InChI=1S/C13H11BrN4O/c1-19-11-4-2-3-8(5-15)12(11)18-13-9(14)6-17-7-10(13)16/h2-4,6-7H,16H2,1H3,(H,17,18). The maximum absolute atomic E-state index is 9.15. The summed E-state index contributed by atoms with van der Waals surface area (Å²) in [6.07, 6.45) is 3.16. The number of nitrogens with one attached hydrogen (secondary N) is 1. The van der Waals surface area contributed by atoms with E-state index >= 15 is 0 Å². The van der Waals surface area contributed by atoms with Gasteiger partial charge in [0.05, 0.1) is 40.4 Å². The molecule has 0 amide bonds. The highest BCUT2D eigenvalue weighted by atomic mass is 79.9. The van der Waals surface area contributed by atoms with Crippen LogP contribution in [-0.4, -0.2) is 12.1 Å². The topological polar surface area (TPSA) is 84.0 Å². The van der Waals surface area contributed by atoms with Crippen LogP contribution in [0.2, 0.25) is 0 Å². The normalized spacial score (nSPS) is 9.74. The van der Waals surface area contributed by atoms with E-state index in [0.717, 1.165) is 0 Å². The number of halogens is 1. The molecular weight excluding hydrogens is 308 g/mol. The summed E-state index contributed by atoms with van der Waals surface area (Å²) in [5, 5.41) is 12.3. The first-order valence-electron chi connectivity index (χ1n) is 5.40. The molecule has 0 fully saturated rings. The molecule has 1 aromatic heterocycles. The quantitative estimate of drug-likeness (QED) is 0.908. The van der Waals surface area contributed by atoms with Crippen molar-refractivity contribution in [1.29, 1.82) is 5.26 Å². The molecular formula is C13H11BrN4O. The van der Waals surface area contributed by atoms with Gasteiger partial charge in [-0.15, -0.1) is 0 Å². The van der Waals surface area contributed by atoms with E-state index in [1.54, 1.807) is 31.5 Å². The van der Waals surface area contributed by atoms with Gasteiger partial charge in [0.1, 0.15) is 11.8 Å². The van der Waals surface area contributed by atoms with Crippen molar-refractivity contribution in [3.05, 3.63) is 40.6 Å². The number of hydrogen-bond donors (Lipinski definition) is 2. The molecule has 0 saturated heterocycles. The Hall–Kier alpha value is -2.26. The number of nitrogen functional groups attached to an aromatic ring is 1. The lowest BCUT2D eigenvalue weighted by Crippen LogP contribution is -2.01. The fourth-order valence-corrected chi connectivity index (χ4v) is 2.08. The second-order valence-corrected chi connectivity index (χ2v) is 4.56. The maximum Gasteiger partial charge on any atom is 0.143 e. The molecule has 0 radical (unpaired) electrons. The van der Waals surface area contributed by atoms with E-state index < -0.39 is 0 Å². The zero-order valence-electron chi connectivity index (χ0n) is 10.1. The van der Waals surface area contributed by atoms with Crippen LogP contribution in [0.15, 0.2) is 35.1 Å². The van der Waals surface area contributed by atoms with Gasteiger partial charge in [-0.05, 0) is 28.1 Å². The number of nitriles is 1. The summed E-state index contributed by atoms with van der Waals surface area (Å²) in [6, 6.07) is 7.35. The predicted octanol–water partition coefficient (Wildman–Crippen LogP) is 3.05. The van der Waals surface area contributed by atoms with Crippen molar-refractivity contribution in [1.82, 2.24) is 4.98 Å². The lowest BCUT2D eigenvalue weighted by molar-refractivity contribution is 0.416. The summed E-state index contributed by atoms with van der Waals surface area (Å²) in [7, 11) is 1.55. The zero-order valence-corrected chi connectivity index (χ0v) is 11.7. The van der Waals surface area contributed by atoms with Crippen LogP contribution in [0.5, 0.6) is 5.75 Å². The lowest BCUT2D eigenvalue weighted by atomic mass is 10.1. The number of nitrogens with two attached hydrogens (primary N) is 1.